The first-order valence-corrected chi connectivity index (χ1v) is 7.25. The van der Waals surface area contributed by atoms with Crippen molar-refractivity contribution in [1.29, 1.82) is 0 Å². The van der Waals surface area contributed by atoms with Crippen molar-refractivity contribution in [3.63, 3.8) is 0 Å². The minimum Gasteiger partial charge on any atom is -0.495 e. The van der Waals surface area contributed by atoms with E-state index < -0.39 is 0 Å². The number of Topliss-reactive ketones (excluding diaryl/α,β-unsaturated/α-hetero) is 1. The van der Waals surface area contributed by atoms with Gasteiger partial charge in [-0.3, -0.25) is 14.5 Å². The van der Waals surface area contributed by atoms with Gasteiger partial charge >= 0.3 is 0 Å². The van der Waals surface area contributed by atoms with Crippen LogP contribution in [0.3, 0.4) is 0 Å². The summed E-state index contributed by atoms with van der Waals surface area (Å²) in [6, 6.07) is 7.65. The predicted molar refractivity (Wildman–Crippen MR) is 81.5 cm³/mol. The molecule has 1 aromatic rings. The fourth-order valence-corrected chi connectivity index (χ4v) is 2.66. The van der Waals surface area contributed by atoms with Crippen LogP contribution in [0.1, 0.15) is 25.7 Å². The van der Waals surface area contributed by atoms with Gasteiger partial charge in [0.05, 0.1) is 19.3 Å². The van der Waals surface area contributed by atoms with Crippen molar-refractivity contribution in [3.05, 3.63) is 24.3 Å². The van der Waals surface area contributed by atoms with Gasteiger partial charge in [0.2, 0.25) is 5.91 Å². The molecule has 0 aliphatic heterocycles. The summed E-state index contributed by atoms with van der Waals surface area (Å²) in [6.45, 7) is 0.316. The highest BCUT2D eigenvalue weighted by atomic mass is 16.5. The largest absolute Gasteiger partial charge is 0.495 e. The summed E-state index contributed by atoms with van der Waals surface area (Å²) in [5.41, 5.74) is 0.678. The molecule has 1 fully saturated rings. The highest BCUT2D eigenvalue weighted by Crippen LogP contribution is 2.23. The molecule has 5 nitrogen and oxygen atoms in total. The molecule has 1 aliphatic rings. The number of anilines is 1. The normalized spacial score (nSPS) is 16.0. The lowest BCUT2D eigenvalue weighted by molar-refractivity contribution is -0.121. The Balaban J connectivity index is 1.88. The van der Waals surface area contributed by atoms with Gasteiger partial charge < -0.3 is 10.1 Å². The molecule has 114 valence electrons. The fraction of sp³-hybridized carbons (Fsp3) is 0.500. The number of carbonyl (C=O) groups is 2. The van der Waals surface area contributed by atoms with Gasteiger partial charge in [-0.25, -0.2) is 0 Å². The second kappa shape index (κ2) is 7.22. The maximum atomic E-state index is 12.1. The lowest BCUT2D eigenvalue weighted by Gasteiger charge is -2.30. The second-order valence-corrected chi connectivity index (χ2v) is 5.43. The van der Waals surface area contributed by atoms with Gasteiger partial charge in [0.1, 0.15) is 11.5 Å². The zero-order valence-corrected chi connectivity index (χ0v) is 12.6. The summed E-state index contributed by atoms with van der Waals surface area (Å²) in [7, 11) is 3.51. The molecular weight excluding hydrogens is 268 g/mol. The number of hydrogen-bond acceptors (Lipinski definition) is 4. The van der Waals surface area contributed by atoms with Crippen LogP contribution < -0.4 is 10.1 Å². The molecule has 0 aromatic heterocycles. The first-order valence-electron chi connectivity index (χ1n) is 7.25. The molecule has 1 N–H and O–H groups in total. The number of para-hydroxylation sites is 2. The first kappa shape index (κ1) is 15.5. The number of methoxy groups -OCH3 is 1. The molecular formula is C16H22N2O3. The monoisotopic (exact) mass is 290 g/mol. The minimum absolute atomic E-state index is 0.0705. The number of ketones is 1. The van der Waals surface area contributed by atoms with Crippen LogP contribution in [-0.2, 0) is 9.59 Å². The summed E-state index contributed by atoms with van der Waals surface area (Å²) >= 11 is 0. The molecule has 0 saturated heterocycles. The highest BCUT2D eigenvalue weighted by molar-refractivity contribution is 5.93. The Morgan fingerprint density at radius 1 is 1.33 bits per heavy atom. The van der Waals surface area contributed by atoms with Gasteiger partial charge in [-0.15, -0.1) is 0 Å². The molecule has 1 amide bonds. The van der Waals surface area contributed by atoms with Crippen LogP contribution in [0.25, 0.3) is 0 Å². The Bertz CT molecular complexity index is 506. The summed E-state index contributed by atoms with van der Waals surface area (Å²) in [4.78, 5) is 25.4. The molecule has 2 rings (SSSR count). The summed E-state index contributed by atoms with van der Waals surface area (Å²) < 4.78 is 5.21. The topological polar surface area (TPSA) is 58.6 Å². The van der Waals surface area contributed by atoms with E-state index in [1.165, 1.54) is 0 Å². The van der Waals surface area contributed by atoms with Gasteiger partial charge in [-0.1, -0.05) is 12.1 Å². The third-order valence-electron chi connectivity index (χ3n) is 3.91. The van der Waals surface area contributed by atoms with E-state index >= 15 is 0 Å². The molecule has 1 aromatic carbocycles. The number of ether oxygens (including phenoxy) is 1. The quantitative estimate of drug-likeness (QED) is 0.902. The van der Waals surface area contributed by atoms with E-state index in [0.717, 1.165) is 12.8 Å². The Kier molecular flexibility index (Phi) is 5.33. The van der Waals surface area contributed by atoms with Crippen molar-refractivity contribution in [2.24, 2.45) is 0 Å². The molecule has 0 atom stereocenters. The third-order valence-corrected chi connectivity index (χ3v) is 3.91. The number of hydrogen-bond donors (Lipinski definition) is 1. The van der Waals surface area contributed by atoms with Crippen molar-refractivity contribution in [2.45, 2.75) is 31.7 Å². The standard InChI is InChI=1S/C16H22N2O3/c1-18(12-7-9-13(19)10-8-12)11-16(20)17-14-5-3-4-6-15(14)21-2/h3-6,12H,7-11H2,1-2H3,(H,17,20). The van der Waals surface area contributed by atoms with E-state index in [-0.39, 0.29) is 5.91 Å². The van der Waals surface area contributed by atoms with E-state index in [4.69, 9.17) is 4.74 Å². The molecule has 1 aliphatic carbocycles. The average Bonchev–Trinajstić information content (AvgIpc) is 2.48. The van der Waals surface area contributed by atoms with Crippen molar-refractivity contribution in [3.8, 4) is 5.75 Å². The van der Waals surface area contributed by atoms with Crippen LogP contribution in [0.15, 0.2) is 24.3 Å². The molecule has 5 heteroatoms. The van der Waals surface area contributed by atoms with Gasteiger partial charge in [-0.05, 0) is 32.0 Å². The summed E-state index contributed by atoms with van der Waals surface area (Å²) in [5, 5.41) is 2.87. The number of nitrogens with one attached hydrogen (secondary N) is 1. The maximum absolute atomic E-state index is 12.1. The van der Waals surface area contributed by atoms with Gasteiger partial charge in [0.15, 0.2) is 0 Å². The zero-order chi connectivity index (χ0) is 15.2. The zero-order valence-electron chi connectivity index (χ0n) is 12.6. The first-order chi connectivity index (χ1) is 10.1. The van der Waals surface area contributed by atoms with Crippen molar-refractivity contribution >= 4 is 17.4 Å². The Morgan fingerprint density at radius 2 is 2.00 bits per heavy atom. The SMILES string of the molecule is COc1ccccc1NC(=O)CN(C)C1CCC(=O)CC1. The van der Waals surface area contributed by atoms with Gasteiger partial charge in [-0.2, -0.15) is 0 Å². The van der Waals surface area contributed by atoms with Crippen LogP contribution in [0.2, 0.25) is 0 Å². The van der Waals surface area contributed by atoms with Crippen molar-refractivity contribution in [1.82, 2.24) is 4.90 Å². The van der Waals surface area contributed by atoms with Crippen LogP contribution in [0, 0.1) is 0 Å². The van der Waals surface area contributed by atoms with E-state index in [0.29, 0.717) is 42.6 Å². The van der Waals surface area contributed by atoms with Crippen LogP contribution in [-0.4, -0.2) is 43.3 Å². The van der Waals surface area contributed by atoms with Crippen molar-refractivity contribution in [2.75, 3.05) is 26.0 Å². The number of amides is 1. The number of nitrogens with zero attached hydrogens (tertiary/aromatic N) is 1. The lowest BCUT2D eigenvalue weighted by Crippen LogP contribution is -2.40. The van der Waals surface area contributed by atoms with Crippen LogP contribution >= 0.6 is 0 Å². The second-order valence-electron chi connectivity index (χ2n) is 5.43. The molecule has 1 saturated carbocycles. The number of likely N-dealkylation sites (N-methyl/N-ethyl adjacent to an activating group) is 1. The number of rotatable bonds is 5. The molecule has 0 radical (unpaired) electrons. The fourth-order valence-electron chi connectivity index (χ4n) is 2.66. The molecule has 0 spiro atoms. The van der Waals surface area contributed by atoms with E-state index in [2.05, 4.69) is 5.32 Å². The summed E-state index contributed by atoms with van der Waals surface area (Å²) in [6.07, 6.45) is 2.95. The number of carbonyl (C=O) groups excluding carboxylic acids is 2. The molecule has 0 bridgehead atoms. The Labute approximate surface area is 125 Å². The Morgan fingerprint density at radius 3 is 2.67 bits per heavy atom. The molecule has 0 heterocycles. The van der Waals surface area contributed by atoms with Crippen molar-refractivity contribution < 1.29 is 14.3 Å². The smallest absolute Gasteiger partial charge is 0.238 e. The Hall–Kier alpha value is -1.88. The molecule has 21 heavy (non-hydrogen) atoms. The minimum atomic E-state index is -0.0705. The van der Waals surface area contributed by atoms with E-state index in [1.54, 1.807) is 7.11 Å². The highest BCUT2D eigenvalue weighted by Gasteiger charge is 2.23. The van der Waals surface area contributed by atoms with Crippen LogP contribution in [0.5, 0.6) is 5.75 Å². The maximum Gasteiger partial charge on any atom is 0.238 e. The predicted octanol–water partition coefficient (Wildman–Crippen LogP) is 2.08. The third kappa shape index (κ3) is 4.29. The molecule has 0 unspecified atom stereocenters. The van der Waals surface area contributed by atoms with Gasteiger partial charge in [0, 0.05) is 18.9 Å². The van der Waals surface area contributed by atoms with Crippen LogP contribution in [0.4, 0.5) is 5.69 Å². The lowest BCUT2D eigenvalue weighted by atomic mass is 9.93. The van der Waals surface area contributed by atoms with E-state index in [9.17, 15) is 9.59 Å². The average molecular weight is 290 g/mol. The summed E-state index contributed by atoms with van der Waals surface area (Å²) in [5.74, 6) is 0.911. The van der Waals surface area contributed by atoms with Gasteiger partial charge in [0.25, 0.3) is 0 Å². The number of benzene rings is 1. The van der Waals surface area contributed by atoms with E-state index in [1.807, 2.05) is 36.2 Å².